The van der Waals surface area contributed by atoms with Crippen LogP contribution in [0.15, 0.2) is 24.3 Å². The lowest BCUT2D eigenvalue weighted by Gasteiger charge is -2.09. The second-order valence-corrected chi connectivity index (χ2v) is 4.07. The van der Waals surface area contributed by atoms with Crippen molar-refractivity contribution in [2.75, 3.05) is 6.61 Å². The number of aliphatic hydroxyl groups excluding tert-OH is 1. The van der Waals surface area contributed by atoms with Crippen molar-refractivity contribution in [3.63, 3.8) is 0 Å². The maximum absolute atomic E-state index is 10.6. The second kappa shape index (κ2) is 4.53. The van der Waals surface area contributed by atoms with Gasteiger partial charge in [0.2, 0.25) is 0 Å². The molecule has 16 heavy (non-hydrogen) atoms. The number of hydrogen-bond donors (Lipinski definition) is 2. The molecule has 1 saturated carbocycles. The molecule has 0 bridgehead atoms. The van der Waals surface area contributed by atoms with Crippen molar-refractivity contribution in [1.82, 2.24) is 0 Å². The zero-order valence-corrected chi connectivity index (χ0v) is 8.80. The van der Waals surface area contributed by atoms with Gasteiger partial charge in [-0.05, 0) is 36.5 Å². The molecule has 86 valence electrons. The smallest absolute Gasteiger partial charge is 0.337 e. The van der Waals surface area contributed by atoms with Crippen LogP contribution in [0.5, 0.6) is 5.75 Å². The van der Waals surface area contributed by atoms with Crippen molar-refractivity contribution in [3.05, 3.63) is 29.8 Å². The molecular formula is C12H14O4. The zero-order valence-electron chi connectivity index (χ0n) is 8.80. The quantitative estimate of drug-likeness (QED) is 0.794. The third-order valence-corrected chi connectivity index (χ3v) is 2.59. The minimum atomic E-state index is -1.48. The number of carboxylic acid groups (broad SMARTS) is 1. The summed E-state index contributed by atoms with van der Waals surface area (Å²) in [5.74, 6) is 0.0112. The molecule has 4 heteroatoms. The minimum absolute atomic E-state index is 0.348. The van der Waals surface area contributed by atoms with Crippen LogP contribution in [0.3, 0.4) is 0 Å². The molecular weight excluding hydrogens is 208 g/mol. The van der Waals surface area contributed by atoms with Gasteiger partial charge in [0.15, 0.2) is 6.10 Å². The average Bonchev–Trinajstić information content (AvgIpc) is 3.09. The average molecular weight is 222 g/mol. The first-order chi connectivity index (χ1) is 7.66. The molecule has 0 saturated heterocycles. The number of benzene rings is 1. The van der Waals surface area contributed by atoms with Crippen LogP contribution in [-0.4, -0.2) is 22.8 Å². The normalized spacial score (nSPS) is 16.8. The molecule has 1 aliphatic carbocycles. The summed E-state index contributed by atoms with van der Waals surface area (Å²) >= 11 is 0. The Hall–Kier alpha value is -1.55. The Bertz CT molecular complexity index is 384. The number of carbonyl (C=O) groups is 1. The molecule has 1 unspecified atom stereocenters. The van der Waals surface area contributed by atoms with Crippen molar-refractivity contribution in [2.45, 2.75) is 18.9 Å². The van der Waals surface area contributed by atoms with Gasteiger partial charge in [-0.15, -0.1) is 0 Å². The van der Waals surface area contributed by atoms with Gasteiger partial charge >= 0.3 is 5.97 Å². The number of aliphatic hydroxyl groups is 1. The van der Waals surface area contributed by atoms with E-state index < -0.39 is 12.1 Å². The Morgan fingerprint density at radius 3 is 2.88 bits per heavy atom. The Morgan fingerprint density at radius 2 is 2.25 bits per heavy atom. The predicted octanol–water partition coefficient (Wildman–Crippen LogP) is 1.59. The van der Waals surface area contributed by atoms with E-state index in [1.165, 1.54) is 12.8 Å². The maximum Gasteiger partial charge on any atom is 0.337 e. The largest absolute Gasteiger partial charge is 0.493 e. The van der Waals surface area contributed by atoms with Gasteiger partial charge in [-0.2, -0.15) is 0 Å². The summed E-state index contributed by atoms with van der Waals surface area (Å²) in [6.45, 7) is 0.673. The van der Waals surface area contributed by atoms with Gasteiger partial charge in [-0.1, -0.05) is 12.1 Å². The molecule has 1 aromatic rings. The molecule has 0 radical (unpaired) electrons. The number of ether oxygens (including phenoxy) is 1. The van der Waals surface area contributed by atoms with Crippen LogP contribution in [0.25, 0.3) is 0 Å². The van der Waals surface area contributed by atoms with Gasteiger partial charge < -0.3 is 14.9 Å². The van der Waals surface area contributed by atoms with Crippen LogP contribution < -0.4 is 4.74 Å². The first-order valence-electron chi connectivity index (χ1n) is 5.30. The summed E-state index contributed by atoms with van der Waals surface area (Å²) < 4.78 is 5.50. The van der Waals surface area contributed by atoms with Crippen molar-refractivity contribution in [3.8, 4) is 5.75 Å². The molecule has 1 aliphatic rings. The molecule has 0 amide bonds. The Morgan fingerprint density at radius 1 is 1.50 bits per heavy atom. The van der Waals surface area contributed by atoms with E-state index in [1.54, 1.807) is 24.3 Å². The van der Waals surface area contributed by atoms with Crippen LogP contribution in [0.1, 0.15) is 24.5 Å². The van der Waals surface area contributed by atoms with E-state index >= 15 is 0 Å². The number of hydrogen-bond acceptors (Lipinski definition) is 3. The molecule has 0 aliphatic heterocycles. The summed E-state index contributed by atoms with van der Waals surface area (Å²) in [5.41, 5.74) is 0.348. The number of aliphatic carboxylic acids is 1. The third kappa shape index (κ3) is 2.73. The van der Waals surface area contributed by atoms with Crippen LogP contribution in [0.4, 0.5) is 0 Å². The second-order valence-electron chi connectivity index (χ2n) is 4.07. The van der Waals surface area contributed by atoms with Crippen LogP contribution in [0, 0.1) is 5.92 Å². The van der Waals surface area contributed by atoms with E-state index in [1.807, 2.05) is 0 Å². The summed E-state index contributed by atoms with van der Waals surface area (Å²) in [5, 5.41) is 18.0. The van der Waals surface area contributed by atoms with Gasteiger partial charge in [0.05, 0.1) is 6.61 Å². The summed E-state index contributed by atoms with van der Waals surface area (Å²) in [4.78, 5) is 10.6. The van der Waals surface area contributed by atoms with E-state index in [0.717, 1.165) is 0 Å². The Kier molecular flexibility index (Phi) is 3.10. The van der Waals surface area contributed by atoms with Gasteiger partial charge in [0.1, 0.15) is 5.75 Å². The summed E-state index contributed by atoms with van der Waals surface area (Å²) in [6, 6.07) is 6.59. The van der Waals surface area contributed by atoms with Crippen LogP contribution in [-0.2, 0) is 4.79 Å². The molecule has 2 rings (SSSR count). The summed E-state index contributed by atoms with van der Waals surface area (Å²) in [7, 11) is 0. The SMILES string of the molecule is O=C(O)C(O)c1cccc(OCC2CC2)c1. The van der Waals surface area contributed by atoms with E-state index in [4.69, 9.17) is 9.84 Å². The Labute approximate surface area is 93.5 Å². The fourth-order valence-corrected chi connectivity index (χ4v) is 1.42. The van der Waals surface area contributed by atoms with Crippen molar-refractivity contribution in [2.24, 2.45) is 5.92 Å². The molecule has 1 atom stereocenters. The molecule has 1 aromatic carbocycles. The lowest BCUT2D eigenvalue weighted by Crippen LogP contribution is -2.10. The molecule has 1 fully saturated rings. The third-order valence-electron chi connectivity index (χ3n) is 2.59. The van der Waals surface area contributed by atoms with Gasteiger partial charge in [0.25, 0.3) is 0 Å². The topological polar surface area (TPSA) is 66.8 Å². The number of carboxylic acids is 1. The maximum atomic E-state index is 10.6. The van der Waals surface area contributed by atoms with Gasteiger partial charge in [-0.3, -0.25) is 0 Å². The summed E-state index contributed by atoms with van der Waals surface area (Å²) in [6.07, 6.45) is 0.930. The fraction of sp³-hybridized carbons (Fsp3) is 0.417. The molecule has 0 spiro atoms. The highest BCUT2D eigenvalue weighted by Crippen LogP contribution is 2.30. The van der Waals surface area contributed by atoms with Gasteiger partial charge in [0, 0.05) is 0 Å². The highest BCUT2D eigenvalue weighted by atomic mass is 16.5. The van der Waals surface area contributed by atoms with E-state index in [0.29, 0.717) is 23.8 Å². The van der Waals surface area contributed by atoms with Crippen LogP contribution >= 0.6 is 0 Å². The first-order valence-corrected chi connectivity index (χ1v) is 5.30. The van der Waals surface area contributed by atoms with Crippen LogP contribution in [0.2, 0.25) is 0 Å². The van der Waals surface area contributed by atoms with E-state index in [-0.39, 0.29) is 0 Å². The highest BCUT2D eigenvalue weighted by molar-refractivity contribution is 5.74. The van der Waals surface area contributed by atoms with Gasteiger partial charge in [-0.25, -0.2) is 4.79 Å². The first kappa shape index (κ1) is 11.0. The minimum Gasteiger partial charge on any atom is -0.493 e. The lowest BCUT2D eigenvalue weighted by molar-refractivity contribution is -0.146. The van der Waals surface area contributed by atoms with Crippen molar-refractivity contribution < 1.29 is 19.7 Å². The molecule has 4 nitrogen and oxygen atoms in total. The molecule has 2 N–H and O–H groups in total. The zero-order chi connectivity index (χ0) is 11.5. The van der Waals surface area contributed by atoms with E-state index in [9.17, 15) is 9.90 Å². The predicted molar refractivity (Wildman–Crippen MR) is 57.3 cm³/mol. The lowest BCUT2D eigenvalue weighted by atomic mass is 10.1. The Balaban J connectivity index is 2.02. The molecule has 0 heterocycles. The van der Waals surface area contributed by atoms with E-state index in [2.05, 4.69) is 0 Å². The molecule has 0 aromatic heterocycles. The van der Waals surface area contributed by atoms with Crippen molar-refractivity contribution in [1.29, 1.82) is 0 Å². The highest BCUT2D eigenvalue weighted by Gasteiger charge is 2.22. The number of rotatable bonds is 5. The van der Waals surface area contributed by atoms with Crippen molar-refractivity contribution >= 4 is 5.97 Å². The monoisotopic (exact) mass is 222 g/mol. The standard InChI is InChI=1S/C12H14O4/c13-11(12(14)15)9-2-1-3-10(6-9)16-7-8-4-5-8/h1-3,6,8,11,13H,4-5,7H2,(H,14,15). The fourth-order valence-electron chi connectivity index (χ4n) is 1.42.